The fourth-order valence-electron chi connectivity index (χ4n) is 2.12. The first kappa shape index (κ1) is 14.3. The summed E-state index contributed by atoms with van der Waals surface area (Å²) in [5.74, 6) is 0.142. The highest BCUT2D eigenvalue weighted by Gasteiger charge is 2.21. The number of ether oxygens (including phenoxy) is 2. The van der Waals surface area contributed by atoms with Gasteiger partial charge in [-0.05, 0) is 17.0 Å². The van der Waals surface area contributed by atoms with Crippen molar-refractivity contribution in [3.63, 3.8) is 0 Å². The number of pyridine rings is 1. The molecule has 3 aromatic rings. The number of anilines is 1. The van der Waals surface area contributed by atoms with Crippen molar-refractivity contribution in [3.05, 3.63) is 53.0 Å². The largest absolute Gasteiger partial charge is 0.485 e. The zero-order valence-corrected chi connectivity index (χ0v) is 12.7. The molecule has 0 fully saturated rings. The normalized spacial score (nSPS) is 10.6. The van der Waals surface area contributed by atoms with Crippen LogP contribution in [0.2, 0.25) is 0 Å². The van der Waals surface area contributed by atoms with Crippen molar-refractivity contribution < 1.29 is 14.3 Å². The minimum Gasteiger partial charge on any atom is -0.485 e. The summed E-state index contributed by atoms with van der Waals surface area (Å²) in [5, 5.41) is 2.67. The van der Waals surface area contributed by atoms with Gasteiger partial charge < -0.3 is 15.2 Å². The summed E-state index contributed by atoms with van der Waals surface area (Å²) >= 11 is 1.45. The number of rotatable bonds is 4. The van der Waals surface area contributed by atoms with Crippen LogP contribution in [0.4, 0.5) is 5.82 Å². The van der Waals surface area contributed by atoms with Gasteiger partial charge in [0.2, 0.25) is 0 Å². The van der Waals surface area contributed by atoms with Gasteiger partial charge in [0.15, 0.2) is 11.4 Å². The molecule has 0 saturated heterocycles. The van der Waals surface area contributed by atoms with Crippen molar-refractivity contribution >= 4 is 33.2 Å². The van der Waals surface area contributed by atoms with Gasteiger partial charge in [-0.15, -0.1) is 11.3 Å². The lowest BCUT2D eigenvalue weighted by atomic mass is 10.2. The Hall–Kier alpha value is -2.60. The first-order chi connectivity index (χ1) is 10.7. The lowest BCUT2D eigenvalue weighted by Gasteiger charge is -2.12. The Morgan fingerprint density at radius 3 is 2.77 bits per heavy atom. The number of nitrogens with zero attached hydrogens (tertiary/aromatic N) is 1. The fourth-order valence-corrected chi connectivity index (χ4v) is 3.03. The number of fused-ring (bicyclic) bond motifs is 1. The topological polar surface area (TPSA) is 74.4 Å². The van der Waals surface area contributed by atoms with Crippen LogP contribution in [0, 0.1) is 0 Å². The number of methoxy groups -OCH3 is 1. The van der Waals surface area contributed by atoms with Crippen LogP contribution in [0.3, 0.4) is 0 Å². The zero-order chi connectivity index (χ0) is 15.5. The van der Waals surface area contributed by atoms with Gasteiger partial charge in [0.1, 0.15) is 12.4 Å². The molecule has 3 rings (SSSR count). The van der Waals surface area contributed by atoms with Crippen molar-refractivity contribution in [1.29, 1.82) is 0 Å². The van der Waals surface area contributed by atoms with E-state index in [0.717, 1.165) is 15.6 Å². The van der Waals surface area contributed by atoms with Crippen LogP contribution >= 0.6 is 11.3 Å². The van der Waals surface area contributed by atoms with Crippen LogP contribution in [-0.4, -0.2) is 18.1 Å². The molecule has 0 spiro atoms. The Morgan fingerprint density at radius 1 is 1.27 bits per heavy atom. The number of aromatic nitrogens is 1. The Labute approximate surface area is 131 Å². The summed E-state index contributed by atoms with van der Waals surface area (Å²) in [7, 11) is 1.31. The van der Waals surface area contributed by atoms with E-state index in [4.69, 9.17) is 15.2 Å². The van der Waals surface area contributed by atoms with Crippen molar-refractivity contribution in [2.45, 2.75) is 6.61 Å². The fraction of sp³-hybridized carbons (Fsp3) is 0.125. The Balaban J connectivity index is 2.03. The lowest BCUT2D eigenvalue weighted by molar-refractivity contribution is 0.0589. The summed E-state index contributed by atoms with van der Waals surface area (Å²) in [4.78, 5) is 16.1. The minimum atomic E-state index is -0.565. The van der Waals surface area contributed by atoms with Crippen molar-refractivity contribution in [2.24, 2.45) is 0 Å². The molecule has 1 aromatic carbocycles. The molecule has 112 valence electrons. The number of carbonyl (C=O) groups excluding carboxylic acids is 1. The number of carbonyl (C=O) groups is 1. The Bertz CT molecular complexity index is 815. The van der Waals surface area contributed by atoms with E-state index >= 15 is 0 Å². The summed E-state index contributed by atoms with van der Waals surface area (Å²) in [6, 6.07) is 11.6. The van der Waals surface area contributed by atoms with E-state index in [1.807, 2.05) is 41.8 Å². The summed E-state index contributed by atoms with van der Waals surface area (Å²) in [6.07, 6.45) is 0. The van der Waals surface area contributed by atoms with Gasteiger partial charge in [-0.3, -0.25) is 0 Å². The van der Waals surface area contributed by atoms with E-state index in [-0.39, 0.29) is 5.69 Å². The van der Waals surface area contributed by atoms with E-state index in [2.05, 4.69) is 4.98 Å². The molecule has 2 N–H and O–H groups in total. The summed E-state index contributed by atoms with van der Waals surface area (Å²) in [6.45, 7) is 0.337. The molecule has 2 aromatic heterocycles. The van der Waals surface area contributed by atoms with E-state index in [1.54, 1.807) is 0 Å². The van der Waals surface area contributed by atoms with Gasteiger partial charge in [0, 0.05) is 5.39 Å². The second-order valence-electron chi connectivity index (χ2n) is 4.60. The number of benzene rings is 1. The maximum Gasteiger partial charge on any atom is 0.360 e. The smallest absolute Gasteiger partial charge is 0.360 e. The van der Waals surface area contributed by atoms with Crippen LogP contribution in [0.15, 0.2) is 41.8 Å². The van der Waals surface area contributed by atoms with Crippen LogP contribution in [0.5, 0.6) is 5.75 Å². The molecule has 0 bridgehead atoms. The summed E-state index contributed by atoms with van der Waals surface area (Å²) < 4.78 is 11.4. The third-order valence-electron chi connectivity index (χ3n) is 3.20. The molecule has 2 heterocycles. The average molecular weight is 314 g/mol. The zero-order valence-electron chi connectivity index (χ0n) is 11.9. The van der Waals surface area contributed by atoms with Crippen LogP contribution in [-0.2, 0) is 11.3 Å². The van der Waals surface area contributed by atoms with Crippen molar-refractivity contribution in [2.75, 3.05) is 12.8 Å². The van der Waals surface area contributed by atoms with Gasteiger partial charge in [0.25, 0.3) is 0 Å². The number of thiophene rings is 1. The van der Waals surface area contributed by atoms with Gasteiger partial charge in [-0.2, -0.15) is 0 Å². The quantitative estimate of drug-likeness (QED) is 0.748. The first-order valence-electron chi connectivity index (χ1n) is 6.62. The molecular formula is C16H14N2O3S. The van der Waals surface area contributed by atoms with Crippen molar-refractivity contribution in [1.82, 2.24) is 4.98 Å². The lowest BCUT2D eigenvalue weighted by Crippen LogP contribution is -2.10. The highest BCUT2D eigenvalue weighted by molar-refractivity contribution is 7.17. The highest BCUT2D eigenvalue weighted by Crippen LogP contribution is 2.36. The average Bonchev–Trinajstić information content (AvgIpc) is 3.04. The highest BCUT2D eigenvalue weighted by atomic mass is 32.1. The predicted octanol–water partition coefficient (Wildman–Crippen LogP) is 3.24. The number of hydrogen-bond acceptors (Lipinski definition) is 6. The maximum absolute atomic E-state index is 11.9. The van der Waals surface area contributed by atoms with Gasteiger partial charge in [0.05, 0.1) is 11.8 Å². The molecule has 0 amide bonds. The number of nitrogens with two attached hydrogens (primary N) is 1. The molecule has 5 nitrogen and oxygen atoms in total. The second-order valence-corrected chi connectivity index (χ2v) is 5.52. The van der Waals surface area contributed by atoms with Crippen LogP contribution in [0.1, 0.15) is 16.1 Å². The summed E-state index contributed by atoms with van der Waals surface area (Å²) in [5.41, 5.74) is 7.00. The number of nitrogen functional groups attached to an aromatic ring is 1. The van der Waals surface area contributed by atoms with Gasteiger partial charge in [-0.25, -0.2) is 9.78 Å². The van der Waals surface area contributed by atoms with E-state index in [1.165, 1.54) is 18.4 Å². The van der Waals surface area contributed by atoms with Crippen molar-refractivity contribution in [3.8, 4) is 5.75 Å². The molecule has 0 atom stereocenters. The molecule has 0 saturated carbocycles. The minimum absolute atomic E-state index is 0.103. The van der Waals surface area contributed by atoms with Gasteiger partial charge in [-0.1, -0.05) is 30.3 Å². The van der Waals surface area contributed by atoms with Crippen LogP contribution in [0.25, 0.3) is 10.1 Å². The van der Waals surface area contributed by atoms with E-state index in [9.17, 15) is 4.79 Å². The molecule has 6 heteroatoms. The molecular weight excluding hydrogens is 300 g/mol. The number of hydrogen-bond donors (Lipinski definition) is 1. The molecule has 0 aliphatic rings. The SMILES string of the molecule is COC(=O)c1nc(N)c2ccsc2c1OCc1ccccc1. The molecule has 22 heavy (non-hydrogen) atoms. The third-order valence-corrected chi connectivity index (χ3v) is 4.11. The Kier molecular flexibility index (Phi) is 3.93. The van der Waals surface area contributed by atoms with Gasteiger partial charge >= 0.3 is 5.97 Å². The first-order valence-corrected chi connectivity index (χ1v) is 7.50. The predicted molar refractivity (Wildman–Crippen MR) is 86.1 cm³/mol. The maximum atomic E-state index is 11.9. The molecule has 0 unspecified atom stereocenters. The molecule has 0 aliphatic heterocycles. The van der Waals surface area contributed by atoms with E-state index in [0.29, 0.717) is 18.2 Å². The molecule has 0 radical (unpaired) electrons. The third kappa shape index (κ3) is 2.60. The number of esters is 1. The monoisotopic (exact) mass is 314 g/mol. The second kappa shape index (κ2) is 6.03. The standard InChI is InChI=1S/C16H14N2O3S/c1-20-16(19)12-13(21-9-10-5-3-2-4-6-10)14-11(7-8-22-14)15(17)18-12/h2-8H,9H2,1H3,(H2,17,18). The Morgan fingerprint density at radius 2 is 2.05 bits per heavy atom. The molecule has 0 aliphatic carbocycles. The van der Waals surface area contributed by atoms with Crippen LogP contribution < -0.4 is 10.5 Å². The van der Waals surface area contributed by atoms with E-state index < -0.39 is 5.97 Å².